The lowest BCUT2D eigenvalue weighted by Gasteiger charge is -2.15. The largest absolute Gasteiger partial charge is 0.457 e. The lowest BCUT2D eigenvalue weighted by molar-refractivity contribution is 0.0470. The topological polar surface area (TPSA) is 144 Å². The lowest BCUT2D eigenvalue weighted by atomic mass is 9.95. The van der Waals surface area contributed by atoms with E-state index < -0.39 is 17.8 Å². The molecule has 9 nitrogen and oxygen atoms in total. The summed E-state index contributed by atoms with van der Waals surface area (Å²) in [6.45, 7) is 1.83. The van der Waals surface area contributed by atoms with Gasteiger partial charge in [-0.15, -0.1) is 0 Å². The Bertz CT molecular complexity index is 1860. The van der Waals surface area contributed by atoms with Crippen molar-refractivity contribution in [2.24, 2.45) is 5.73 Å². The highest BCUT2D eigenvalue weighted by molar-refractivity contribution is 6.10. The third-order valence-corrected chi connectivity index (χ3v) is 6.89. The minimum Gasteiger partial charge on any atom is -0.457 e. The summed E-state index contributed by atoms with van der Waals surface area (Å²) < 4.78 is 11.2. The molecule has 0 unspecified atom stereocenters. The first-order valence-electron chi connectivity index (χ1n) is 14.1. The van der Waals surface area contributed by atoms with E-state index in [1.54, 1.807) is 55.5 Å². The fraction of sp³-hybridized carbons (Fsp3) is 0.0833. The SMILES string of the molecule is Cc1ccc(-c2ccc(C(=O)OCc3ccccc3)cc2C(=O)OCc2ccccc2)c(C(=O)Nc2ccc(C(=N)N)cc2)n1. The Hall–Kier alpha value is -6.09. The number of benzene rings is 4. The summed E-state index contributed by atoms with van der Waals surface area (Å²) in [4.78, 5) is 44.6. The Kier molecular flexibility index (Phi) is 9.40. The molecule has 1 heterocycles. The van der Waals surface area contributed by atoms with Gasteiger partial charge in [-0.05, 0) is 66.1 Å². The molecule has 0 saturated heterocycles. The number of nitrogen functional groups attached to an aromatic ring is 1. The highest BCUT2D eigenvalue weighted by Crippen LogP contribution is 2.30. The molecule has 1 aromatic heterocycles. The summed E-state index contributed by atoms with van der Waals surface area (Å²) in [5, 5.41) is 10.4. The Balaban J connectivity index is 1.48. The zero-order chi connectivity index (χ0) is 31.8. The number of amides is 1. The van der Waals surface area contributed by atoms with E-state index in [1.807, 2.05) is 60.7 Å². The molecule has 0 aliphatic rings. The number of anilines is 1. The quantitative estimate of drug-likeness (QED) is 0.0971. The average Bonchev–Trinajstić information content (AvgIpc) is 3.07. The van der Waals surface area contributed by atoms with Gasteiger partial charge in [0.1, 0.15) is 24.7 Å². The number of nitrogens with one attached hydrogen (secondary N) is 2. The summed E-state index contributed by atoms with van der Waals surface area (Å²) >= 11 is 0. The van der Waals surface area contributed by atoms with E-state index >= 15 is 0 Å². The van der Waals surface area contributed by atoms with Gasteiger partial charge in [-0.3, -0.25) is 10.2 Å². The second-order valence-electron chi connectivity index (χ2n) is 10.2. The van der Waals surface area contributed by atoms with Crippen molar-refractivity contribution in [2.45, 2.75) is 20.1 Å². The molecule has 0 aliphatic heterocycles. The molecule has 0 radical (unpaired) electrons. The van der Waals surface area contributed by atoms with Gasteiger partial charge in [0.25, 0.3) is 5.91 Å². The van der Waals surface area contributed by atoms with Gasteiger partial charge < -0.3 is 20.5 Å². The van der Waals surface area contributed by atoms with Crippen LogP contribution in [-0.2, 0) is 22.7 Å². The number of amidine groups is 1. The summed E-state index contributed by atoms with van der Waals surface area (Å²) in [6, 6.07) is 33.0. The third kappa shape index (κ3) is 7.66. The van der Waals surface area contributed by atoms with Crippen LogP contribution < -0.4 is 11.1 Å². The molecule has 5 rings (SSSR count). The van der Waals surface area contributed by atoms with Gasteiger partial charge in [-0.2, -0.15) is 0 Å². The van der Waals surface area contributed by atoms with Crippen LogP contribution in [0.25, 0.3) is 11.1 Å². The molecule has 1 amide bonds. The van der Waals surface area contributed by atoms with E-state index in [0.29, 0.717) is 28.1 Å². The predicted octanol–water partition coefficient (Wildman–Crippen LogP) is 6.31. The van der Waals surface area contributed by atoms with Crippen molar-refractivity contribution in [2.75, 3.05) is 5.32 Å². The third-order valence-electron chi connectivity index (χ3n) is 6.89. The number of hydrogen-bond acceptors (Lipinski definition) is 7. The van der Waals surface area contributed by atoms with E-state index in [0.717, 1.165) is 11.1 Å². The van der Waals surface area contributed by atoms with E-state index in [1.165, 1.54) is 6.07 Å². The Morgan fingerprint density at radius 2 is 1.27 bits per heavy atom. The second kappa shape index (κ2) is 13.9. The zero-order valence-electron chi connectivity index (χ0n) is 24.4. The number of pyridine rings is 1. The fourth-order valence-corrected chi connectivity index (χ4v) is 4.55. The van der Waals surface area contributed by atoms with Crippen molar-refractivity contribution >= 4 is 29.4 Å². The van der Waals surface area contributed by atoms with Crippen LogP contribution in [0, 0.1) is 12.3 Å². The van der Waals surface area contributed by atoms with Crippen molar-refractivity contribution < 1.29 is 23.9 Å². The standard InChI is InChI=1S/C36H30N4O5/c1-23-12-18-30(32(39-23)34(41)40-28-16-13-26(14-17-28)33(37)38)29-19-15-27(35(42)44-21-24-8-4-2-5-9-24)20-31(29)36(43)45-22-25-10-6-3-7-11-25/h2-20H,21-22H2,1H3,(H3,37,38)(H,40,41). The number of ether oxygens (including phenoxy) is 2. The number of carbonyl (C=O) groups excluding carboxylic acids is 3. The van der Waals surface area contributed by atoms with Crippen LogP contribution in [0.2, 0.25) is 0 Å². The minimum absolute atomic E-state index is 0.0115. The summed E-state index contributed by atoms with van der Waals surface area (Å²) in [7, 11) is 0. The van der Waals surface area contributed by atoms with E-state index in [2.05, 4.69) is 10.3 Å². The molecule has 0 bridgehead atoms. The van der Waals surface area contributed by atoms with Crippen LogP contribution in [0.4, 0.5) is 5.69 Å². The number of aromatic nitrogens is 1. The van der Waals surface area contributed by atoms with E-state index in [4.69, 9.17) is 20.6 Å². The molecule has 0 atom stereocenters. The molecule has 45 heavy (non-hydrogen) atoms. The van der Waals surface area contributed by atoms with Gasteiger partial charge in [0.05, 0.1) is 11.1 Å². The van der Waals surface area contributed by atoms with Gasteiger partial charge in [0.2, 0.25) is 0 Å². The molecule has 4 N–H and O–H groups in total. The molecule has 0 spiro atoms. The Labute approximate surface area is 260 Å². The molecule has 4 aromatic carbocycles. The van der Waals surface area contributed by atoms with Crippen LogP contribution in [0.1, 0.15) is 53.6 Å². The molecule has 0 aliphatic carbocycles. The first-order valence-corrected chi connectivity index (χ1v) is 14.1. The number of esters is 2. The normalized spacial score (nSPS) is 10.5. The Morgan fingerprint density at radius 1 is 0.711 bits per heavy atom. The first kappa shape index (κ1) is 30.4. The molecular weight excluding hydrogens is 568 g/mol. The minimum atomic E-state index is -0.682. The summed E-state index contributed by atoms with van der Waals surface area (Å²) in [6.07, 6.45) is 0. The van der Waals surface area contributed by atoms with Gasteiger partial charge in [0.15, 0.2) is 0 Å². The number of nitrogens with two attached hydrogens (primary N) is 1. The van der Waals surface area contributed by atoms with E-state index in [9.17, 15) is 14.4 Å². The maximum atomic E-state index is 13.6. The van der Waals surface area contributed by atoms with Crippen molar-refractivity contribution in [1.29, 1.82) is 5.41 Å². The van der Waals surface area contributed by atoms with Crippen molar-refractivity contribution in [3.63, 3.8) is 0 Å². The highest BCUT2D eigenvalue weighted by atomic mass is 16.5. The molecule has 0 saturated carbocycles. The van der Waals surface area contributed by atoms with E-state index in [-0.39, 0.29) is 35.9 Å². The van der Waals surface area contributed by atoms with Gasteiger partial charge in [-0.25, -0.2) is 14.6 Å². The monoisotopic (exact) mass is 598 g/mol. The number of rotatable bonds is 10. The summed E-state index contributed by atoms with van der Waals surface area (Å²) in [5.74, 6) is -1.90. The Morgan fingerprint density at radius 3 is 1.87 bits per heavy atom. The molecule has 5 aromatic rings. The smallest absolute Gasteiger partial charge is 0.339 e. The number of nitrogens with zero attached hydrogens (tertiary/aromatic N) is 1. The van der Waals surface area contributed by atoms with Crippen LogP contribution in [-0.4, -0.2) is 28.7 Å². The highest BCUT2D eigenvalue weighted by Gasteiger charge is 2.23. The molecule has 9 heteroatoms. The zero-order valence-corrected chi connectivity index (χ0v) is 24.4. The lowest BCUT2D eigenvalue weighted by Crippen LogP contribution is -2.17. The fourth-order valence-electron chi connectivity index (χ4n) is 4.55. The first-order chi connectivity index (χ1) is 21.8. The molecular formula is C36H30N4O5. The summed E-state index contributed by atoms with van der Waals surface area (Å²) in [5.41, 5.74) is 9.76. The van der Waals surface area contributed by atoms with Crippen LogP contribution in [0.5, 0.6) is 0 Å². The maximum Gasteiger partial charge on any atom is 0.339 e. The van der Waals surface area contributed by atoms with Crippen LogP contribution >= 0.6 is 0 Å². The van der Waals surface area contributed by atoms with Crippen molar-refractivity contribution in [3.8, 4) is 11.1 Å². The van der Waals surface area contributed by atoms with Gasteiger partial charge in [0, 0.05) is 22.5 Å². The van der Waals surface area contributed by atoms with Crippen LogP contribution in [0.15, 0.2) is 115 Å². The number of carbonyl (C=O) groups is 3. The number of aryl methyl sites for hydroxylation is 1. The molecule has 0 fully saturated rings. The average molecular weight is 599 g/mol. The second-order valence-corrected chi connectivity index (χ2v) is 10.2. The van der Waals surface area contributed by atoms with Crippen LogP contribution in [0.3, 0.4) is 0 Å². The van der Waals surface area contributed by atoms with Gasteiger partial charge >= 0.3 is 11.9 Å². The van der Waals surface area contributed by atoms with Crippen molar-refractivity contribution in [1.82, 2.24) is 4.98 Å². The predicted molar refractivity (Wildman–Crippen MR) is 171 cm³/mol. The van der Waals surface area contributed by atoms with Gasteiger partial charge in [-0.1, -0.05) is 72.8 Å². The van der Waals surface area contributed by atoms with Crippen molar-refractivity contribution in [3.05, 3.63) is 154 Å². The number of hydrogen-bond donors (Lipinski definition) is 3. The molecule has 224 valence electrons. The maximum absolute atomic E-state index is 13.6.